The Morgan fingerprint density at radius 1 is 1.19 bits per heavy atom. The predicted octanol–water partition coefficient (Wildman–Crippen LogP) is 1.90. The van der Waals surface area contributed by atoms with Gasteiger partial charge in [0.2, 0.25) is 10.0 Å². The van der Waals surface area contributed by atoms with Crippen molar-refractivity contribution in [1.82, 2.24) is 9.62 Å². The maximum Gasteiger partial charge on any atom is 0.253 e. The van der Waals surface area contributed by atoms with Gasteiger partial charge in [-0.3, -0.25) is 4.79 Å². The van der Waals surface area contributed by atoms with Crippen LogP contribution in [-0.2, 0) is 10.0 Å². The van der Waals surface area contributed by atoms with Crippen molar-refractivity contribution in [3.63, 3.8) is 0 Å². The molecule has 1 saturated heterocycles. The molecule has 7 heteroatoms. The molecule has 1 aliphatic rings. The maximum atomic E-state index is 12.7. The minimum atomic E-state index is -3.74. The van der Waals surface area contributed by atoms with Crippen molar-refractivity contribution in [2.75, 3.05) is 13.1 Å². The van der Waals surface area contributed by atoms with Gasteiger partial charge in [0.15, 0.2) is 0 Å². The van der Waals surface area contributed by atoms with Crippen LogP contribution in [-0.4, -0.2) is 38.4 Å². The van der Waals surface area contributed by atoms with Gasteiger partial charge in [0.25, 0.3) is 5.91 Å². The molecule has 1 amide bonds. The first kappa shape index (κ1) is 18.6. The van der Waals surface area contributed by atoms with Crippen molar-refractivity contribution in [2.24, 2.45) is 5.73 Å². The zero-order valence-corrected chi connectivity index (χ0v) is 15.4. The smallest absolute Gasteiger partial charge is 0.253 e. The minimum absolute atomic E-state index is 0.0146. The minimum Gasteiger partial charge on any atom is -0.337 e. The number of nitrogens with two attached hydrogens (primary N) is 1. The Balaban J connectivity index is 1.79. The summed E-state index contributed by atoms with van der Waals surface area (Å²) in [6.45, 7) is 2.88. The molecule has 2 aromatic rings. The molecule has 26 heavy (non-hydrogen) atoms. The Morgan fingerprint density at radius 3 is 2.58 bits per heavy atom. The van der Waals surface area contributed by atoms with Gasteiger partial charge < -0.3 is 10.6 Å². The second-order valence-electron chi connectivity index (χ2n) is 6.58. The summed E-state index contributed by atoms with van der Waals surface area (Å²) in [5.41, 5.74) is 7.08. The van der Waals surface area contributed by atoms with Gasteiger partial charge in [0.1, 0.15) is 0 Å². The summed E-state index contributed by atoms with van der Waals surface area (Å²) in [5, 5.41) is 0. The molecule has 0 aliphatic carbocycles. The largest absolute Gasteiger partial charge is 0.337 e. The van der Waals surface area contributed by atoms with E-state index in [9.17, 15) is 13.2 Å². The summed E-state index contributed by atoms with van der Waals surface area (Å²) in [7, 11) is -3.74. The van der Waals surface area contributed by atoms with Crippen molar-refractivity contribution < 1.29 is 13.2 Å². The SMILES string of the molecule is CC(NS(=O)(=O)c1cccc(C(=O)N2CC[C@@H](N)C2)c1)c1ccccc1. The highest BCUT2D eigenvalue weighted by Gasteiger charge is 2.26. The van der Waals surface area contributed by atoms with E-state index in [1.807, 2.05) is 30.3 Å². The third-order valence-corrected chi connectivity index (χ3v) is 6.07. The van der Waals surface area contributed by atoms with E-state index in [0.717, 1.165) is 12.0 Å². The van der Waals surface area contributed by atoms with E-state index in [1.165, 1.54) is 12.1 Å². The molecule has 2 aromatic carbocycles. The molecule has 1 fully saturated rings. The average molecular weight is 373 g/mol. The van der Waals surface area contributed by atoms with Gasteiger partial charge in [-0.1, -0.05) is 36.4 Å². The quantitative estimate of drug-likeness (QED) is 0.837. The molecule has 1 aliphatic heterocycles. The normalized spacial score (nSPS) is 18.7. The van der Waals surface area contributed by atoms with Crippen LogP contribution in [0.4, 0.5) is 0 Å². The molecule has 1 heterocycles. The second kappa shape index (κ2) is 7.57. The lowest BCUT2D eigenvalue weighted by molar-refractivity contribution is 0.0790. The number of rotatable bonds is 5. The summed E-state index contributed by atoms with van der Waals surface area (Å²) in [5.74, 6) is -0.189. The van der Waals surface area contributed by atoms with Gasteiger partial charge in [0.05, 0.1) is 4.90 Å². The van der Waals surface area contributed by atoms with Crippen molar-refractivity contribution in [2.45, 2.75) is 30.3 Å². The Bertz CT molecular complexity index is 884. The second-order valence-corrected chi connectivity index (χ2v) is 8.30. The van der Waals surface area contributed by atoms with E-state index in [1.54, 1.807) is 24.0 Å². The number of nitrogens with zero attached hydrogens (tertiary/aromatic N) is 1. The molecule has 0 radical (unpaired) electrons. The fourth-order valence-electron chi connectivity index (χ4n) is 3.06. The van der Waals surface area contributed by atoms with E-state index < -0.39 is 10.0 Å². The van der Waals surface area contributed by atoms with Gasteiger partial charge in [-0.05, 0) is 37.1 Å². The third kappa shape index (κ3) is 4.12. The molecule has 0 aromatic heterocycles. The van der Waals surface area contributed by atoms with Crippen LogP contribution in [0.2, 0.25) is 0 Å². The molecule has 0 saturated carbocycles. The number of amides is 1. The van der Waals surface area contributed by atoms with Crippen molar-refractivity contribution >= 4 is 15.9 Å². The predicted molar refractivity (Wildman–Crippen MR) is 100 cm³/mol. The Labute approximate surface area is 154 Å². The molecule has 2 atom stereocenters. The number of nitrogens with one attached hydrogen (secondary N) is 1. The van der Waals surface area contributed by atoms with E-state index >= 15 is 0 Å². The summed E-state index contributed by atoms with van der Waals surface area (Å²) < 4.78 is 28.1. The highest BCUT2D eigenvalue weighted by molar-refractivity contribution is 7.89. The first-order valence-corrected chi connectivity index (χ1v) is 10.1. The van der Waals surface area contributed by atoms with Crippen LogP contribution < -0.4 is 10.5 Å². The molecular formula is C19H23N3O3S. The fourth-order valence-corrected chi connectivity index (χ4v) is 4.34. The van der Waals surface area contributed by atoms with Crippen LogP contribution in [0.3, 0.4) is 0 Å². The van der Waals surface area contributed by atoms with Crippen LogP contribution in [0.25, 0.3) is 0 Å². The zero-order chi connectivity index (χ0) is 18.7. The van der Waals surface area contributed by atoms with Crippen LogP contribution in [0.5, 0.6) is 0 Å². The van der Waals surface area contributed by atoms with Crippen LogP contribution in [0.1, 0.15) is 35.3 Å². The molecule has 138 valence electrons. The molecule has 1 unspecified atom stereocenters. The molecule has 3 rings (SSSR count). The maximum absolute atomic E-state index is 12.7. The number of carbonyl (C=O) groups is 1. The topological polar surface area (TPSA) is 92.5 Å². The highest BCUT2D eigenvalue weighted by atomic mass is 32.2. The lowest BCUT2D eigenvalue weighted by atomic mass is 10.1. The van der Waals surface area contributed by atoms with Crippen molar-refractivity contribution in [3.05, 3.63) is 65.7 Å². The van der Waals surface area contributed by atoms with Crippen molar-refractivity contribution in [1.29, 1.82) is 0 Å². The zero-order valence-electron chi connectivity index (χ0n) is 14.6. The van der Waals surface area contributed by atoms with Gasteiger partial charge in [-0.2, -0.15) is 0 Å². The Kier molecular flexibility index (Phi) is 5.41. The number of benzene rings is 2. The van der Waals surface area contributed by atoms with Gasteiger partial charge in [-0.15, -0.1) is 0 Å². The van der Waals surface area contributed by atoms with E-state index in [0.29, 0.717) is 18.7 Å². The number of hydrogen-bond donors (Lipinski definition) is 2. The van der Waals surface area contributed by atoms with Gasteiger partial charge in [-0.25, -0.2) is 13.1 Å². The number of hydrogen-bond acceptors (Lipinski definition) is 4. The first-order chi connectivity index (χ1) is 12.4. The van der Waals surface area contributed by atoms with Crippen molar-refractivity contribution in [3.8, 4) is 0 Å². The van der Waals surface area contributed by atoms with Crippen LogP contribution >= 0.6 is 0 Å². The standard InChI is InChI=1S/C19H23N3O3S/c1-14(15-6-3-2-4-7-15)21-26(24,25)18-9-5-8-16(12-18)19(23)22-11-10-17(20)13-22/h2-9,12,14,17,21H,10-11,13,20H2,1H3/t14?,17-/m1/s1. The Morgan fingerprint density at radius 2 is 1.92 bits per heavy atom. The van der Waals surface area contributed by atoms with E-state index in [-0.39, 0.29) is 22.9 Å². The number of likely N-dealkylation sites (tertiary alicyclic amines) is 1. The summed E-state index contributed by atoms with van der Waals surface area (Å²) in [6.07, 6.45) is 0.764. The summed E-state index contributed by atoms with van der Waals surface area (Å²) in [4.78, 5) is 14.3. The monoisotopic (exact) mass is 373 g/mol. The summed E-state index contributed by atoms with van der Waals surface area (Å²) in [6, 6.07) is 15.1. The Hall–Kier alpha value is -2.22. The van der Waals surface area contributed by atoms with E-state index in [2.05, 4.69) is 4.72 Å². The molecule has 6 nitrogen and oxygen atoms in total. The highest BCUT2D eigenvalue weighted by Crippen LogP contribution is 2.19. The first-order valence-electron chi connectivity index (χ1n) is 8.59. The lowest BCUT2D eigenvalue weighted by Gasteiger charge is -2.17. The molecule has 0 bridgehead atoms. The van der Waals surface area contributed by atoms with Crippen LogP contribution in [0.15, 0.2) is 59.5 Å². The van der Waals surface area contributed by atoms with Gasteiger partial charge in [0, 0.05) is 30.7 Å². The van der Waals surface area contributed by atoms with Gasteiger partial charge >= 0.3 is 0 Å². The number of carbonyl (C=O) groups excluding carboxylic acids is 1. The lowest BCUT2D eigenvalue weighted by Crippen LogP contribution is -2.32. The summed E-state index contributed by atoms with van der Waals surface area (Å²) >= 11 is 0. The molecular weight excluding hydrogens is 350 g/mol. The third-order valence-electron chi connectivity index (χ3n) is 4.53. The molecule has 3 N–H and O–H groups in total. The fraction of sp³-hybridized carbons (Fsp3) is 0.316. The van der Waals surface area contributed by atoms with E-state index in [4.69, 9.17) is 5.73 Å². The van der Waals surface area contributed by atoms with Crippen LogP contribution in [0, 0.1) is 0 Å². The average Bonchev–Trinajstić information content (AvgIpc) is 3.08. The molecule has 0 spiro atoms. The number of sulfonamides is 1.